The first kappa shape index (κ1) is 12.6. The third-order valence-corrected chi connectivity index (χ3v) is 4.05. The molecule has 0 atom stereocenters. The van der Waals surface area contributed by atoms with Gasteiger partial charge in [0.2, 0.25) is 6.79 Å². The van der Waals surface area contributed by atoms with Crippen molar-refractivity contribution in [1.82, 2.24) is 5.32 Å². The quantitative estimate of drug-likeness (QED) is 0.910. The van der Waals surface area contributed by atoms with Crippen LogP contribution in [-0.4, -0.2) is 11.9 Å². The summed E-state index contributed by atoms with van der Waals surface area (Å²) in [4.78, 5) is 1.16. The van der Waals surface area contributed by atoms with Crippen LogP contribution in [0.15, 0.2) is 24.3 Å². The fourth-order valence-corrected chi connectivity index (χ4v) is 2.94. The third kappa shape index (κ3) is 2.78. The van der Waals surface area contributed by atoms with Crippen LogP contribution in [0.5, 0.6) is 17.2 Å². The molecule has 0 amide bonds. The second-order valence-corrected chi connectivity index (χ2v) is 5.94. The summed E-state index contributed by atoms with van der Waals surface area (Å²) in [5, 5.41) is 13.1. The molecular formula is C13H12ClNO3S. The van der Waals surface area contributed by atoms with Gasteiger partial charge >= 0.3 is 0 Å². The molecule has 2 N–H and O–H groups in total. The van der Waals surface area contributed by atoms with Crippen molar-refractivity contribution in [2.45, 2.75) is 13.1 Å². The van der Waals surface area contributed by atoms with Gasteiger partial charge in [-0.3, -0.25) is 0 Å². The monoisotopic (exact) mass is 297 g/mol. The number of thiophene rings is 1. The van der Waals surface area contributed by atoms with E-state index in [0.717, 1.165) is 14.8 Å². The predicted octanol–water partition coefficient (Wildman–Crippen LogP) is 3.13. The molecular weight excluding hydrogens is 286 g/mol. The summed E-state index contributed by atoms with van der Waals surface area (Å²) in [7, 11) is 0. The van der Waals surface area contributed by atoms with Gasteiger partial charge in [0.15, 0.2) is 11.5 Å². The van der Waals surface area contributed by atoms with Crippen molar-refractivity contribution in [1.29, 1.82) is 0 Å². The van der Waals surface area contributed by atoms with Crippen molar-refractivity contribution in [2.24, 2.45) is 0 Å². The van der Waals surface area contributed by atoms with Crippen LogP contribution in [0.25, 0.3) is 0 Å². The zero-order valence-electron chi connectivity index (χ0n) is 9.98. The summed E-state index contributed by atoms with van der Waals surface area (Å²) in [6, 6.07) is 7.24. The number of phenols is 1. The second-order valence-electron chi connectivity index (χ2n) is 4.14. The predicted molar refractivity (Wildman–Crippen MR) is 74.1 cm³/mol. The summed E-state index contributed by atoms with van der Waals surface area (Å²) < 4.78 is 11.3. The molecule has 6 heteroatoms. The number of aromatic hydroxyl groups is 1. The average molecular weight is 298 g/mol. The van der Waals surface area contributed by atoms with Gasteiger partial charge in [0.05, 0.1) is 4.34 Å². The van der Waals surface area contributed by atoms with Crippen LogP contribution in [0, 0.1) is 0 Å². The van der Waals surface area contributed by atoms with E-state index in [0.29, 0.717) is 24.6 Å². The molecule has 0 saturated heterocycles. The lowest BCUT2D eigenvalue weighted by Crippen LogP contribution is -2.11. The van der Waals surface area contributed by atoms with Crippen molar-refractivity contribution in [3.63, 3.8) is 0 Å². The molecule has 2 heterocycles. The molecule has 2 aromatic rings. The molecule has 0 fully saturated rings. The van der Waals surface area contributed by atoms with E-state index in [9.17, 15) is 5.11 Å². The molecule has 3 rings (SSSR count). The first-order valence-electron chi connectivity index (χ1n) is 5.79. The summed E-state index contributed by atoms with van der Waals surface area (Å²) >= 11 is 7.41. The van der Waals surface area contributed by atoms with Crippen LogP contribution in [0.3, 0.4) is 0 Å². The average Bonchev–Trinajstić information content (AvgIpc) is 2.98. The van der Waals surface area contributed by atoms with Gasteiger partial charge in [-0.25, -0.2) is 0 Å². The molecule has 1 aromatic heterocycles. The van der Waals surface area contributed by atoms with E-state index in [4.69, 9.17) is 21.1 Å². The maximum Gasteiger partial charge on any atom is 0.231 e. The maximum atomic E-state index is 9.88. The molecule has 1 aliphatic rings. The molecule has 1 aromatic carbocycles. The second kappa shape index (κ2) is 5.28. The Kier molecular flexibility index (Phi) is 3.50. The van der Waals surface area contributed by atoms with Gasteiger partial charge in [-0.05, 0) is 18.2 Å². The Bertz CT molecular complexity index is 600. The molecule has 1 aliphatic heterocycles. The van der Waals surface area contributed by atoms with E-state index in [1.165, 1.54) is 0 Å². The van der Waals surface area contributed by atoms with E-state index < -0.39 is 0 Å². The molecule has 0 spiro atoms. The molecule has 0 bridgehead atoms. The van der Waals surface area contributed by atoms with E-state index in [1.54, 1.807) is 23.5 Å². The van der Waals surface area contributed by atoms with E-state index in [2.05, 4.69) is 5.32 Å². The van der Waals surface area contributed by atoms with Crippen LogP contribution in [-0.2, 0) is 13.1 Å². The van der Waals surface area contributed by atoms with Crippen LogP contribution in [0.1, 0.15) is 10.4 Å². The minimum absolute atomic E-state index is 0.208. The van der Waals surface area contributed by atoms with Crippen molar-refractivity contribution >= 4 is 22.9 Å². The molecule has 19 heavy (non-hydrogen) atoms. The van der Waals surface area contributed by atoms with Crippen molar-refractivity contribution in [3.8, 4) is 17.2 Å². The Morgan fingerprint density at radius 1 is 1.21 bits per heavy atom. The molecule has 0 aliphatic carbocycles. The molecule has 4 nitrogen and oxygen atoms in total. The SMILES string of the molecule is Oc1cc2c(cc1CNCc1ccc(Cl)s1)OCO2. The summed E-state index contributed by atoms with van der Waals surface area (Å²) in [5.41, 5.74) is 0.784. The minimum Gasteiger partial charge on any atom is -0.507 e. The number of fused-ring (bicyclic) bond motifs is 1. The minimum atomic E-state index is 0.208. The summed E-state index contributed by atoms with van der Waals surface area (Å²) in [6.45, 7) is 1.47. The first-order valence-corrected chi connectivity index (χ1v) is 6.98. The van der Waals surface area contributed by atoms with Crippen LogP contribution >= 0.6 is 22.9 Å². The van der Waals surface area contributed by atoms with Gasteiger partial charge in [-0.1, -0.05) is 11.6 Å². The third-order valence-electron chi connectivity index (χ3n) is 2.82. The number of rotatable bonds is 4. The Morgan fingerprint density at radius 2 is 2.00 bits per heavy atom. The molecule has 100 valence electrons. The largest absolute Gasteiger partial charge is 0.507 e. The standard InChI is InChI=1S/C13H12ClNO3S/c14-13-2-1-9(19-13)6-15-5-8-3-11-12(4-10(8)16)18-7-17-11/h1-4,15-16H,5-7H2. The Morgan fingerprint density at radius 3 is 2.74 bits per heavy atom. The van der Waals surface area contributed by atoms with Gasteiger partial charge in [-0.2, -0.15) is 0 Å². The van der Waals surface area contributed by atoms with Gasteiger partial charge in [0.25, 0.3) is 0 Å². The summed E-state index contributed by atoms with van der Waals surface area (Å²) in [6.07, 6.45) is 0. The van der Waals surface area contributed by atoms with Crippen LogP contribution < -0.4 is 14.8 Å². The van der Waals surface area contributed by atoms with Crippen molar-refractivity contribution in [3.05, 3.63) is 39.0 Å². The highest BCUT2D eigenvalue weighted by Crippen LogP contribution is 2.37. The smallest absolute Gasteiger partial charge is 0.231 e. The van der Waals surface area contributed by atoms with Crippen molar-refractivity contribution < 1.29 is 14.6 Å². The van der Waals surface area contributed by atoms with Crippen LogP contribution in [0.4, 0.5) is 0 Å². The highest BCUT2D eigenvalue weighted by atomic mass is 35.5. The van der Waals surface area contributed by atoms with Gasteiger partial charge in [0, 0.05) is 29.6 Å². The lowest BCUT2D eigenvalue weighted by Gasteiger charge is -2.07. The van der Waals surface area contributed by atoms with E-state index >= 15 is 0 Å². The fraction of sp³-hybridized carbons (Fsp3) is 0.231. The number of hydrogen-bond donors (Lipinski definition) is 2. The fourth-order valence-electron chi connectivity index (χ4n) is 1.88. The zero-order valence-corrected chi connectivity index (χ0v) is 11.6. The topological polar surface area (TPSA) is 50.7 Å². The number of nitrogens with one attached hydrogen (secondary N) is 1. The maximum absolute atomic E-state index is 9.88. The number of hydrogen-bond acceptors (Lipinski definition) is 5. The van der Waals surface area contributed by atoms with Crippen molar-refractivity contribution in [2.75, 3.05) is 6.79 Å². The normalized spacial score (nSPS) is 12.9. The van der Waals surface area contributed by atoms with E-state index in [-0.39, 0.29) is 12.5 Å². The highest BCUT2D eigenvalue weighted by Gasteiger charge is 2.16. The Balaban J connectivity index is 1.64. The van der Waals surface area contributed by atoms with Crippen LogP contribution in [0.2, 0.25) is 4.34 Å². The zero-order chi connectivity index (χ0) is 13.2. The Labute approximate surface area is 119 Å². The number of halogens is 1. The molecule has 0 radical (unpaired) electrons. The van der Waals surface area contributed by atoms with Gasteiger partial charge in [-0.15, -0.1) is 11.3 Å². The first-order chi connectivity index (χ1) is 9.22. The lowest BCUT2D eigenvalue weighted by molar-refractivity contribution is 0.174. The lowest BCUT2D eigenvalue weighted by atomic mass is 10.1. The van der Waals surface area contributed by atoms with E-state index in [1.807, 2.05) is 12.1 Å². The number of phenolic OH excluding ortho intramolecular Hbond substituents is 1. The summed E-state index contributed by atoms with van der Waals surface area (Å²) in [5.74, 6) is 1.47. The highest BCUT2D eigenvalue weighted by molar-refractivity contribution is 7.16. The Hall–Kier alpha value is -1.43. The molecule has 0 unspecified atom stereocenters. The number of ether oxygens (including phenoxy) is 2. The van der Waals surface area contributed by atoms with Gasteiger partial charge in [0.1, 0.15) is 5.75 Å². The van der Waals surface area contributed by atoms with Gasteiger partial charge < -0.3 is 19.9 Å². The molecule has 0 saturated carbocycles. The number of benzene rings is 1.